The fourth-order valence-corrected chi connectivity index (χ4v) is 4.26. The summed E-state index contributed by atoms with van der Waals surface area (Å²) < 4.78 is 10.2. The molecule has 1 aliphatic heterocycles. The van der Waals surface area contributed by atoms with E-state index < -0.39 is 34.9 Å². The Morgan fingerprint density at radius 1 is 1.62 bits per heavy atom. The van der Waals surface area contributed by atoms with Crippen LogP contribution in [0.15, 0.2) is 6.33 Å². The quantitative estimate of drug-likeness (QED) is 0.126. The maximum atomic E-state index is 12.5. The summed E-state index contributed by atoms with van der Waals surface area (Å²) in [6.07, 6.45) is -1.45. The summed E-state index contributed by atoms with van der Waals surface area (Å²) in [6.45, 7) is 0.955. The second-order valence-electron chi connectivity index (χ2n) is 5.64. The number of carbonyl (C=O) groups excluding carboxylic acids is 1. The molecule has 12 nitrogen and oxygen atoms in total. The normalized spacial score (nSPS) is 31.5. The van der Waals surface area contributed by atoms with Crippen LogP contribution in [0, 0.1) is 6.92 Å². The van der Waals surface area contributed by atoms with Gasteiger partial charge in [0.15, 0.2) is 0 Å². The molecular formula is C12H15GeN6O6S. The number of imidazole rings is 1. The van der Waals surface area contributed by atoms with Crippen LogP contribution in [0.3, 0.4) is 0 Å². The molecule has 1 amide bonds. The van der Waals surface area contributed by atoms with Gasteiger partial charge in [-0.05, 0) is 0 Å². The number of fused-ring (bicyclic) bond motifs is 1. The second kappa shape index (κ2) is 6.59. The van der Waals surface area contributed by atoms with Gasteiger partial charge in [0.25, 0.3) is 0 Å². The van der Waals surface area contributed by atoms with E-state index in [0.717, 1.165) is 4.57 Å². The zero-order chi connectivity index (χ0) is 19.3. The van der Waals surface area contributed by atoms with Crippen LogP contribution in [0.25, 0.3) is 11.2 Å². The number of nitrogens with zero attached hydrogens (tertiary/aromatic N) is 4. The van der Waals surface area contributed by atoms with Gasteiger partial charge in [-0.2, -0.15) is 0 Å². The molecule has 0 bridgehead atoms. The molecule has 2 aromatic rings. The molecule has 139 valence electrons. The van der Waals surface area contributed by atoms with Crippen molar-refractivity contribution >= 4 is 52.3 Å². The average molecular weight is 444 g/mol. The average Bonchev–Trinajstić information content (AvgIpc) is 3.13. The predicted molar refractivity (Wildman–Crippen MR) is 89.2 cm³/mol. The Bertz CT molecular complexity index is 868. The molecule has 0 saturated carbocycles. The van der Waals surface area contributed by atoms with Gasteiger partial charge in [0, 0.05) is 0 Å². The first-order chi connectivity index (χ1) is 12.3. The number of thiol groups is 1. The van der Waals surface area contributed by atoms with Gasteiger partial charge in [-0.3, -0.25) is 0 Å². The molecular weight excluding hydrogens is 429 g/mol. The van der Waals surface area contributed by atoms with Crippen LogP contribution in [0.1, 0.15) is 5.82 Å². The molecule has 3 rings (SSSR count). The standard InChI is InChI=1S/C12H15GeN6O6S/c1-4-16-8(18-23)6-9(17-4)19(3-15-6)12(10(14)22)11(13,25-26)7(21)5(2-20)24-12/h3,5,7,20-21,23,26H,2H2,1H3,(H2,14,22)(H,16,17,18)/t5-,7-,11-,12-/m1/s1. The van der Waals surface area contributed by atoms with Crippen molar-refractivity contribution in [1.82, 2.24) is 19.5 Å². The molecule has 1 saturated heterocycles. The summed E-state index contributed by atoms with van der Waals surface area (Å²) >= 11 is 5.14. The van der Waals surface area contributed by atoms with Crippen molar-refractivity contribution in [2.45, 2.75) is 29.3 Å². The third kappa shape index (κ3) is 2.36. The fraction of sp³-hybridized carbons (Fsp3) is 0.500. The monoisotopic (exact) mass is 445 g/mol. The first-order valence-electron chi connectivity index (χ1n) is 7.23. The van der Waals surface area contributed by atoms with E-state index >= 15 is 0 Å². The molecule has 1 fully saturated rings. The zero-order valence-corrected chi connectivity index (χ0v) is 16.3. The van der Waals surface area contributed by atoms with Crippen LogP contribution in [0.2, 0.25) is 0 Å². The molecule has 26 heavy (non-hydrogen) atoms. The maximum absolute atomic E-state index is 12.5. The third-order valence-corrected chi connectivity index (χ3v) is 6.40. The van der Waals surface area contributed by atoms with E-state index in [-0.39, 0.29) is 22.8 Å². The third-order valence-electron chi connectivity index (χ3n) is 4.21. The zero-order valence-electron chi connectivity index (χ0n) is 13.3. The Balaban J connectivity index is 2.35. The van der Waals surface area contributed by atoms with Gasteiger partial charge >= 0.3 is 160 Å². The summed E-state index contributed by atoms with van der Waals surface area (Å²) in [4.78, 5) is 24.8. The summed E-state index contributed by atoms with van der Waals surface area (Å²) in [5, 5.41) is 29.3. The summed E-state index contributed by atoms with van der Waals surface area (Å²) in [5.41, 5.74) is 5.59. The van der Waals surface area contributed by atoms with E-state index in [1.54, 1.807) is 6.92 Å². The van der Waals surface area contributed by atoms with Crippen molar-refractivity contribution in [3.8, 4) is 0 Å². The Hall–Kier alpha value is -1.49. The molecule has 2 aromatic heterocycles. The van der Waals surface area contributed by atoms with Gasteiger partial charge in [0.05, 0.1) is 0 Å². The van der Waals surface area contributed by atoms with Gasteiger partial charge < -0.3 is 0 Å². The molecule has 4 atom stereocenters. The number of nitrogens with one attached hydrogen (secondary N) is 1. The second-order valence-corrected chi connectivity index (χ2v) is 7.38. The van der Waals surface area contributed by atoms with E-state index in [0.29, 0.717) is 0 Å². The van der Waals surface area contributed by atoms with E-state index in [2.05, 4.69) is 27.9 Å². The minimum atomic E-state index is -2.14. The number of aliphatic hydroxyl groups excluding tert-OH is 2. The molecule has 0 spiro atoms. The number of rotatable bonds is 5. The first-order valence-corrected chi connectivity index (χ1v) is 8.64. The van der Waals surface area contributed by atoms with Crippen molar-refractivity contribution in [3.05, 3.63) is 12.2 Å². The van der Waals surface area contributed by atoms with Crippen LogP contribution in [0.4, 0.5) is 5.82 Å². The topological polar surface area (TPSA) is 178 Å². The Kier molecular flexibility index (Phi) is 4.89. The number of aromatic nitrogens is 4. The van der Waals surface area contributed by atoms with Crippen LogP contribution in [-0.4, -0.2) is 80.6 Å². The first kappa shape index (κ1) is 19.3. The van der Waals surface area contributed by atoms with E-state index in [1.807, 2.05) is 5.48 Å². The van der Waals surface area contributed by atoms with Gasteiger partial charge in [-0.25, -0.2) is 0 Å². The fourth-order valence-electron chi connectivity index (χ4n) is 3.00. The number of nitrogens with two attached hydrogens (primary N) is 1. The Morgan fingerprint density at radius 3 is 2.85 bits per heavy atom. The van der Waals surface area contributed by atoms with E-state index in [9.17, 15) is 20.2 Å². The van der Waals surface area contributed by atoms with E-state index in [1.165, 1.54) is 22.8 Å². The van der Waals surface area contributed by atoms with Crippen molar-refractivity contribution in [2.75, 3.05) is 12.1 Å². The molecule has 6 N–H and O–H groups in total. The number of amides is 1. The van der Waals surface area contributed by atoms with Crippen molar-refractivity contribution in [2.24, 2.45) is 5.73 Å². The molecule has 3 radical (unpaired) electrons. The summed E-state index contributed by atoms with van der Waals surface area (Å²) in [5.74, 6) is -0.782. The number of ether oxygens (including phenoxy) is 1. The van der Waals surface area contributed by atoms with Crippen molar-refractivity contribution in [3.63, 3.8) is 0 Å². The van der Waals surface area contributed by atoms with Gasteiger partial charge in [-0.1, -0.05) is 0 Å². The number of anilines is 1. The van der Waals surface area contributed by atoms with Crippen LogP contribution in [-0.2, 0) is 19.4 Å². The molecule has 14 heteroatoms. The number of carbonyl (C=O) groups is 1. The van der Waals surface area contributed by atoms with Crippen molar-refractivity contribution < 1.29 is 29.1 Å². The Labute approximate surface area is 160 Å². The van der Waals surface area contributed by atoms with Crippen LogP contribution < -0.4 is 11.2 Å². The SMILES string of the molecule is Cc1nc(NO)c2ncn([C@]3(C(N)=O)O[C@H](CO)[C@@H](O)[C@@]3([Ge])OS)c2n1. The minimum absolute atomic E-state index is 0.00313. The molecule has 0 aromatic carbocycles. The van der Waals surface area contributed by atoms with Crippen LogP contribution >= 0.6 is 12.9 Å². The molecule has 0 unspecified atom stereocenters. The van der Waals surface area contributed by atoms with Crippen molar-refractivity contribution in [1.29, 1.82) is 0 Å². The molecule has 1 aliphatic rings. The van der Waals surface area contributed by atoms with Gasteiger partial charge in [-0.15, -0.1) is 0 Å². The van der Waals surface area contributed by atoms with Gasteiger partial charge in [0.2, 0.25) is 0 Å². The summed E-state index contributed by atoms with van der Waals surface area (Å²) in [6, 6.07) is 0. The number of primary amides is 1. The number of hydrogen-bond acceptors (Lipinski definition) is 11. The van der Waals surface area contributed by atoms with E-state index in [4.69, 9.17) is 14.7 Å². The molecule has 0 aliphatic carbocycles. The van der Waals surface area contributed by atoms with Crippen LogP contribution in [0.5, 0.6) is 0 Å². The van der Waals surface area contributed by atoms with Gasteiger partial charge in [0.1, 0.15) is 0 Å². The molecule has 3 heterocycles. The number of hydrogen-bond donors (Lipinski definition) is 6. The predicted octanol–water partition coefficient (Wildman–Crippen LogP) is -2.45. The number of aliphatic hydroxyl groups is 2. The number of aryl methyl sites for hydroxylation is 1. The summed E-state index contributed by atoms with van der Waals surface area (Å²) in [7, 11) is 0. The Morgan fingerprint density at radius 2 is 2.31 bits per heavy atom.